The molecule has 8 nitrogen and oxygen atoms in total. The van der Waals surface area contributed by atoms with Gasteiger partial charge in [0.15, 0.2) is 6.04 Å². The summed E-state index contributed by atoms with van der Waals surface area (Å²) in [6.45, 7) is 0.0339. The van der Waals surface area contributed by atoms with Gasteiger partial charge >= 0.3 is 12.0 Å². The molecular formula is C40H37N3O5. The zero-order valence-electron chi connectivity index (χ0n) is 26.5. The lowest BCUT2D eigenvalue weighted by Crippen LogP contribution is -2.55. The smallest absolute Gasteiger partial charge is 0.329 e. The summed E-state index contributed by atoms with van der Waals surface area (Å²) >= 11 is 0. The summed E-state index contributed by atoms with van der Waals surface area (Å²) in [7, 11) is 1.57. The Hall–Kier alpha value is -5.73. The van der Waals surface area contributed by atoms with Crippen molar-refractivity contribution in [2.24, 2.45) is 0 Å². The minimum atomic E-state index is -1.76. The van der Waals surface area contributed by atoms with Crippen LogP contribution in [0.15, 0.2) is 152 Å². The molecule has 1 aliphatic rings. The molecule has 6 rings (SSSR count). The second-order valence-corrected chi connectivity index (χ2v) is 12.0. The SMILES string of the molecule is CN(C(=O)[C@H]1[C@@H](C(=O)O)N(Cc2ccccc2)C(=O)N1Cc1ccccc1)C(c1ccccc1)C(O)(c1ccccc1)c1ccccc1. The van der Waals surface area contributed by atoms with Crippen LogP contribution < -0.4 is 0 Å². The molecule has 0 radical (unpaired) electrons. The molecule has 5 aromatic rings. The summed E-state index contributed by atoms with van der Waals surface area (Å²) in [6, 6.07) is 41.3. The van der Waals surface area contributed by atoms with Crippen LogP contribution in [0.25, 0.3) is 0 Å². The van der Waals surface area contributed by atoms with Crippen molar-refractivity contribution in [1.29, 1.82) is 0 Å². The van der Waals surface area contributed by atoms with Crippen molar-refractivity contribution in [3.63, 3.8) is 0 Å². The van der Waals surface area contributed by atoms with Gasteiger partial charge < -0.3 is 24.9 Å². The first kappa shape index (κ1) is 32.2. The number of likely N-dealkylation sites (N-methyl/N-ethyl adjacent to an activating group) is 1. The van der Waals surface area contributed by atoms with Crippen LogP contribution in [0.2, 0.25) is 0 Å². The number of aliphatic hydroxyl groups is 1. The number of urea groups is 1. The van der Waals surface area contributed by atoms with Gasteiger partial charge in [0.1, 0.15) is 11.6 Å². The lowest BCUT2D eigenvalue weighted by molar-refractivity contribution is -0.151. The highest BCUT2D eigenvalue weighted by Crippen LogP contribution is 2.45. The van der Waals surface area contributed by atoms with E-state index in [-0.39, 0.29) is 13.1 Å². The van der Waals surface area contributed by atoms with Crippen LogP contribution in [0.5, 0.6) is 0 Å². The van der Waals surface area contributed by atoms with E-state index >= 15 is 4.79 Å². The van der Waals surface area contributed by atoms with Crippen LogP contribution in [0.3, 0.4) is 0 Å². The van der Waals surface area contributed by atoms with Crippen molar-refractivity contribution in [3.05, 3.63) is 179 Å². The molecule has 1 saturated heterocycles. The maximum absolute atomic E-state index is 15.1. The van der Waals surface area contributed by atoms with Crippen LogP contribution >= 0.6 is 0 Å². The average molecular weight is 640 g/mol. The molecule has 0 aromatic heterocycles. The number of nitrogens with zero attached hydrogens (tertiary/aromatic N) is 3. The van der Waals surface area contributed by atoms with E-state index in [1.807, 2.05) is 152 Å². The van der Waals surface area contributed by atoms with Crippen LogP contribution in [-0.2, 0) is 28.3 Å². The Morgan fingerprint density at radius 2 is 1.02 bits per heavy atom. The third-order valence-electron chi connectivity index (χ3n) is 9.03. The van der Waals surface area contributed by atoms with Crippen molar-refractivity contribution in [2.75, 3.05) is 7.05 Å². The molecule has 1 fully saturated rings. The predicted molar refractivity (Wildman–Crippen MR) is 182 cm³/mol. The summed E-state index contributed by atoms with van der Waals surface area (Å²) < 4.78 is 0. The molecule has 1 unspecified atom stereocenters. The molecule has 1 heterocycles. The Kier molecular flexibility index (Phi) is 9.36. The van der Waals surface area contributed by atoms with E-state index in [1.54, 1.807) is 7.05 Å². The fourth-order valence-corrected chi connectivity index (χ4v) is 6.76. The minimum absolute atomic E-state index is 0.00943. The van der Waals surface area contributed by atoms with Gasteiger partial charge in [-0.25, -0.2) is 9.59 Å². The van der Waals surface area contributed by atoms with Gasteiger partial charge in [0, 0.05) is 20.1 Å². The molecule has 8 heteroatoms. The van der Waals surface area contributed by atoms with Crippen LogP contribution in [0.4, 0.5) is 4.79 Å². The zero-order valence-corrected chi connectivity index (χ0v) is 26.5. The number of carbonyl (C=O) groups is 3. The molecule has 3 amide bonds. The van der Waals surface area contributed by atoms with E-state index in [1.165, 1.54) is 14.7 Å². The molecule has 0 bridgehead atoms. The Labute approximate surface area is 280 Å². The first-order valence-corrected chi connectivity index (χ1v) is 15.8. The average Bonchev–Trinajstić information content (AvgIpc) is 3.40. The van der Waals surface area contributed by atoms with Gasteiger partial charge in [0.2, 0.25) is 5.91 Å². The van der Waals surface area contributed by atoms with Crippen LogP contribution in [0.1, 0.15) is 33.9 Å². The van der Waals surface area contributed by atoms with E-state index < -0.39 is 41.6 Å². The largest absolute Gasteiger partial charge is 0.480 e. The fourth-order valence-electron chi connectivity index (χ4n) is 6.76. The van der Waals surface area contributed by atoms with Crippen molar-refractivity contribution in [1.82, 2.24) is 14.7 Å². The van der Waals surface area contributed by atoms with Gasteiger partial charge in [-0.05, 0) is 27.8 Å². The normalized spacial score (nSPS) is 16.8. The number of hydrogen-bond acceptors (Lipinski definition) is 4. The molecule has 48 heavy (non-hydrogen) atoms. The summed E-state index contributed by atoms with van der Waals surface area (Å²) in [5.41, 5.74) is 1.46. The molecule has 2 N–H and O–H groups in total. The highest BCUT2D eigenvalue weighted by Gasteiger charge is 2.56. The summed E-state index contributed by atoms with van der Waals surface area (Å²) in [5.74, 6) is -1.90. The van der Waals surface area contributed by atoms with E-state index in [9.17, 15) is 19.8 Å². The maximum Gasteiger partial charge on any atom is 0.329 e. The van der Waals surface area contributed by atoms with Crippen molar-refractivity contribution in [3.8, 4) is 0 Å². The number of carbonyl (C=O) groups excluding carboxylic acids is 2. The highest BCUT2D eigenvalue weighted by molar-refractivity contribution is 5.98. The van der Waals surface area contributed by atoms with Gasteiger partial charge in [-0.2, -0.15) is 0 Å². The number of benzene rings is 5. The number of rotatable bonds is 11. The standard InChI is InChI=1S/C40H37N3O5/c1-41(36(31-21-11-4-12-22-31)40(48,32-23-13-5-14-24-32)33-25-15-6-16-26-33)37(44)34-35(38(45)46)43(28-30-19-9-3-10-20-30)39(47)42(34)27-29-17-7-2-8-18-29/h2-26,34-36,48H,27-28H2,1H3,(H,45,46)/t34-,35+,36?/m1/s1. The van der Waals surface area contributed by atoms with Gasteiger partial charge in [0.05, 0.1) is 6.04 Å². The number of hydrogen-bond donors (Lipinski definition) is 2. The number of carboxylic acids is 1. The maximum atomic E-state index is 15.1. The predicted octanol–water partition coefficient (Wildman–Crippen LogP) is 6.08. The third kappa shape index (κ3) is 6.18. The number of amides is 3. The quantitative estimate of drug-likeness (QED) is 0.182. The molecule has 0 aliphatic carbocycles. The molecular weight excluding hydrogens is 602 g/mol. The second kappa shape index (κ2) is 13.9. The second-order valence-electron chi connectivity index (χ2n) is 12.0. The topological polar surface area (TPSA) is 101 Å². The molecule has 242 valence electrons. The summed E-state index contributed by atoms with van der Waals surface area (Å²) in [4.78, 5) is 46.4. The summed E-state index contributed by atoms with van der Waals surface area (Å²) in [5, 5.41) is 23.7. The molecule has 5 aromatic carbocycles. The molecule has 3 atom stereocenters. The van der Waals surface area contributed by atoms with Crippen molar-refractivity contribution < 1.29 is 24.6 Å². The van der Waals surface area contributed by atoms with Crippen molar-refractivity contribution in [2.45, 2.75) is 36.8 Å². The van der Waals surface area contributed by atoms with E-state index in [2.05, 4.69) is 0 Å². The monoisotopic (exact) mass is 639 g/mol. The van der Waals surface area contributed by atoms with Crippen LogP contribution in [-0.4, -0.2) is 62.0 Å². The lowest BCUT2D eigenvalue weighted by Gasteiger charge is -2.44. The Morgan fingerprint density at radius 1 is 0.646 bits per heavy atom. The molecule has 1 aliphatic heterocycles. The molecule has 0 saturated carbocycles. The van der Waals surface area contributed by atoms with E-state index in [4.69, 9.17) is 0 Å². The molecule has 0 spiro atoms. The zero-order chi connectivity index (χ0) is 33.7. The first-order valence-electron chi connectivity index (χ1n) is 15.8. The Balaban J connectivity index is 1.49. The Bertz CT molecular complexity index is 1800. The van der Waals surface area contributed by atoms with E-state index in [0.717, 1.165) is 11.1 Å². The van der Waals surface area contributed by atoms with Crippen LogP contribution in [0, 0.1) is 0 Å². The Morgan fingerprint density at radius 3 is 1.44 bits per heavy atom. The number of carboxylic acid groups (broad SMARTS) is 1. The lowest BCUT2D eigenvalue weighted by atomic mass is 9.76. The summed E-state index contributed by atoms with van der Waals surface area (Å²) in [6.07, 6.45) is 0. The van der Waals surface area contributed by atoms with E-state index in [0.29, 0.717) is 16.7 Å². The minimum Gasteiger partial charge on any atom is -0.480 e. The van der Waals surface area contributed by atoms with Gasteiger partial charge in [-0.1, -0.05) is 152 Å². The van der Waals surface area contributed by atoms with Gasteiger partial charge in [0.25, 0.3) is 0 Å². The van der Waals surface area contributed by atoms with Gasteiger partial charge in [-0.3, -0.25) is 4.79 Å². The van der Waals surface area contributed by atoms with Crippen molar-refractivity contribution >= 4 is 17.9 Å². The fraction of sp³-hybridized carbons (Fsp3) is 0.175. The highest BCUT2D eigenvalue weighted by atomic mass is 16.4. The number of aliphatic carboxylic acids is 1. The van der Waals surface area contributed by atoms with Gasteiger partial charge in [-0.15, -0.1) is 0 Å². The third-order valence-corrected chi connectivity index (χ3v) is 9.03. The first-order chi connectivity index (χ1) is 23.3.